The van der Waals surface area contributed by atoms with Crippen molar-refractivity contribution in [1.29, 1.82) is 0 Å². The van der Waals surface area contributed by atoms with Crippen LogP contribution in [0.5, 0.6) is 0 Å². The summed E-state index contributed by atoms with van der Waals surface area (Å²) in [4.78, 5) is 0. The van der Waals surface area contributed by atoms with E-state index in [9.17, 15) is 0 Å². The van der Waals surface area contributed by atoms with Gasteiger partial charge in [0.1, 0.15) is 5.69 Å². The number of nitrogens with one attached hydrogen (secondary N) is 1. The van der Waals surface area contributed by atoms with Crippen LogP contribution in [0, 0.1) is 0 Å². The van der Waals surface area contributed by atoms with Crippen LogP contribution in [0.25, 0.3) is 0 Å². The lowest BCUT2D eigenvalue weighted by Crippen LogP contribution is -1.93. The van der Waals surface area contributed by atoms with E-state index in [1.807, 2.05) is 0 Å². The second-order valence-electron chi connectivity index (χ2n) is 1.27. The number of H-pyrrole nitrogens is 1. The molecule has 1 rings (SSSR count). The molecule has 3 N–H and O–H groups in total. The van der Waals surface area contributed by atoms with Crippen molar-refractivity contribution in [2.24, 2.45) is 0 Å². The van der Waals surface area contributed by atoms with Gasteiger partial charge in [0.25, 0.3) is 0 Å². The summed E-state index contributed by atoms with van der Waals surface area (Å²) >= 11 is 0. The highest BCUT2D eigenvalue weighted by Gasteiger charge is 2.02. The molecule has 0 amide bonds. The molecule has 1 aromatic heterocycles. The first-order valence-electron chi connectivity index (χ1n) is 2.03. The predicted molar refractivity (Wildman–Crippen MR) is 23.6 cm³/mol. The average molecular weight is 115 g/mol. The molecular formula is C3H5N3O2. The van der Waals surface area contributed by atoms with Gasteiger partial charge in [-0.15, -0.1) is 5.10 Å². The summed E-state index contributed by atoms with van der Waals surface area (Å²) in [5.41, 5.74) is 0.130. The molecule has 0 fully saturated rings. The molecule has 44 valence electrons. The summed E-state index contributed by atoms with van der Waals surface area (Å²) in [7, 11) is 0. The minimum Gasteiger partial charge on any atom is -0.363 e. The lowest BCUT2D eigenvalue weighted by Gasteiger charge is -1.91. The van der Waals surface area contributed by atoms with Gasteiger partial charge in [0.05, 0.1) is 6.20 Å². The summed E-state index contributed by atoms with van der Waals surface area (Å²) in [5.74, 6) is 0. The Kier molecular flexibility index (Phi) is 1.23. The van der Waals surface area contributed by atoms with Crippen LogP contribution in [-0.4, -0.2) is 25.6 Å². The van der Waals surface area contributed by atoms with Gasteiger partial charge in [-0.1, -0.05) is 5.21 Å². The molecule has 0 saturated heterocycles. The highest BCUT2D eigenvalue weighted by Crippen LogP contribution is 1.99. The molecule has 0 unspecified atom stereocenters. The molecule has 5 heteroatoms. The van der Waals surface area contributed by atoms with Gasteiger partial charge in [0.2, 0.25) is 0 Å². The third-order valence-corrected chi connectivity index (χ3v) is 0.700. The third-order valence-electron chi connectivity index (χ3n) is 0.700. The van der Waals surface area contributed by atoms with Crippen molar-refractivity contribution >= 4 is 0 Å². The maximum Gasteiger partial charge on any atom is 0.199 e. The lowest BCUT2D eigenvalue weighted by molar-refractivity contribution is -0.0458. The SMILES string of the molecule is OC(O)c1c[nH]nn1. The monoisotopic (exact) mass is 115 g/mol. The Morgan fingerprint density at radius 3 is 2.62 bits per heavy atom. The quantitative estimate of drug-likeness (QED) is 0.401. The number of aromatic nitrogens is 3. The van der Waals surface area contributed by atoms with E-state index in [0.29, 0.717) is 0 Å². The van der Waals surface area contributed by atoms with Crippen LogP contribution in [0.15, 0.2) is 6.20 Å². The van der Waals surface area contributed by atoms with Gasteiger partial charge in [0, 0.05) is 0 Å². The topological polar surface area (TPSA) is 82.0 Å². The molecule has 5 nitrogen and oxygen atoms in total. The Balaban J connectivity index is 2.77. The van der Waals surface area contributed by atoms with Crippen molar-refractivity contribution < 1.29 is 10.2 Å². The Morgan fingerprint density at radius 2 is 2.38 bits per heavy atom. The number of aliphatic hydroxyl groups is 2. The van der Waals surface area contributed by atoms with Gasteiger partial charge >= 0.3 is 0 Å². The van der Waals surface area contributed by atoms with E-state index < -0.39 is 6.29 Å². The molecule has 0 aromatic carbocycles. The van der Waals surface area contributed by atoms with Crippen molar-refractivity contribution in [3.63, 3.8) is 0 Å². The van der Waals surface area contributed by atoms with Crippen molar-refractivity contribution in [3.05, 3.63) is 11.9 Å². The summed E-state index contributed by atoms with van der Waals surface area (Å²) < 4.78 is 0. The zero-order valence-electron chi connectivity index (χ0n) is 3.94. The Bertz CT molecular complexity index is 148. The van der Waals surface area contributed by atoms with E-state index in [0.717, 1.165) is 0 Å². The minimum absolute atomic E-state index is 0.130. The predicted octanol–water partition coefficient (Wildman–Crippen LogP) is -1.21. The fourth-order valence-electron chi connectivity index (χ4n) is 0.337. The van der Waals surface area contributed by atoms with Crippen molar-refractivity contribution in [2.45, 2.75) is 6.29 Å². The molecular weight excluding hydrogens is 110 g/mol. The van der Waals surface area contributed by atoms with Crippen LogP contribution < -0.4 is 0 Å². The molecule has 0 aliphatic heterocycles. The van der Waals surface area contributed by atoms with E-state index in [1.165, 1.54) is 6.20 Å². The maximum atomic E-state index is 8.35. The standard InChI is InChI=1S/C3H5N3O2/c7-3(8)2-1-4-6-5-2/h1,3,7-8H,(H,4,5,6). The zero-order valence-corrected chi connectivity index (χ0v) is 3.94. The molecule has 1 aromatic rings. The molecule has 0 spiro atoms. The molecule has 0 saturated carbocycles. The smallest absolute Gasteiger partial charge is 0.199 e. The Labute approximate surface area is 45.0 Å². The Morgan fingerprint density at radius 1 is 1.62 bits per heavy atom. The van der Waals surface area contributed by atoms with Gasteiger partial charge in [-0.3, -0.25) is 5.10 Å². The molecule has 0 atom stereocenters. The third kappa shape index (κ3) is 0.824. The molecule has 0 radical (unpaired) electrons. The molecule has 0 aliphatic rings. The average Bonchev–Trinajstić information content (AvgIpc) is 2.12. The number of hydrogen-bond acceptors (Lipinski definition) is 4. The van der Waals surface area contributed by atoms with Gasteiger partial charge in [-0.05, 0) is 0 Å². The second kappa shape index (κ2) is 1.89. The normalized spacial score (nSPS) is 10.4. The summed E-state index contributed by atoms with van der Waals surface area (Å²) in [5, 5.41) is 25.6. The molecule has 0 bridgehead atoms. The number of nitrogens with zero attached hydrogens (tertiary/aromatic N) is 2. The van der Waals surface area contributed by atoms with Crippen LogP contribution in [-0.2, 0) is 0 Å². The van der Waals surface area contributed by atoms with Crippen molar-refractivity contribution in [1.82, 2.24) is 15.4 Å². The van der Waals surface area contributed by atoms with Gasteiger partial charge in [0.15, 0.2) is 6.29 Å². The number of hydrogen-bond donors (Lipinski definition) is 3. The van der Waals surface area contributed by atoms with Gasteiger partial charge in [-0.2, -0.15) is 0 Å². The van der Waals surface area contributed by atoms with E-state index in [1.54, 1.807) is 0 Å². The van der Waals surface area contributed by atoms with E-state index >= 15 is 0 Å². The van der Waals surface area contributed by atoms with E-state index in [4.69, 9.17) is 10.2 Å². The first-order chi connectivity index (χ1) is 3.80. The maximum absolute atomic E-state index is 8.35. The highest BCUT2D eigenvalue weighted by molar-refractivity contribution is 4.90. The lowest BCUT2D eigenvalue weighted by atomic mass is 10.5. The largest absolute Gasteiger partial charge is 0.363 e. The number of aliphatic hydroxyl groups excluding tert-OH is 1. The number of aromatic amines is 1. The van der Waals surface area contributed by atoms with Crippen LogP contribution >= 0.6 is 0 Å². The van der Waals surface area contributed by atoms with Crippen LogP contribution in [0.2, 0.25) is 0 Å². The highest BCUT2D eigenvalue weighted by atomic mass is 16.5. The summed E-state index contributed by atoms with van der Waals surface area (Å²) in [6.07, 6.45) is -0.209. The molecule has 8 heavy (non-hydrogen) atoms. The van der Waals surface area contributed by atoms with E-state index in [2.05, 4.69) is 15.4 Å². The van der Waals surface area contributed by atoms with E-state index in [-0.39, 0.29) is 5.69 Å². The minimum atomic E-state index is -1.52. The van der Waals surface area contributed by atoms with Crippen LogP contribution in [0.1, 0.15) is 12.0 Å². The first-order valence-corrected chi connectivity index (χ1v) is 2.03. The zero-order chi connectivity index (χ0) is 5.98. The molecule has 0 aliphatic carbocycles. The Hall–Kier alpha value is -0.940. The number of rotatable bonds is 1. The second-order valence-corrected chi connectivity index (χ2v) is 1.27. The molecule has 1 heterocycles. The van der Waals surface area contributed by atoms with Crippen LogP contribution in [0.4, 0.5) is 0 Å². The summed E-state index contributed by atoms with van der Waals surface area (Å²) in [6.45, 7) is 0. The van der Waals surface area contributed by atoms with Crippen molar-refractivity contribution in [2.75, 3.05) is 0 Å². The first kappa shape index (κ1) is 5.20. The fourth-order valence-corrected chi connectivity index (χ4v) is 0.337. The summed E-state index contributed by atoms with van der Waals surface area (Å²) in [6, 6.07) is 0. The van der Waals surface area contributed by atoms with Crippen molar-refractivity contribution in [3.8, 4) is 0 Å². The van der Waals surface area contributed by atoms with Crippen LogP contribution in [0.3, 0.4) is 0 Å². The fraction of sp³-hybridized carbons (Fsp3) is 0.333. The van der Waals surface area contributed by atoms with Gasteiger partial charge < -0.3 is 10.2 Å². The van der Waals surface area contributed by atoms with Gasteiger partial charge in [-0.25, -0.2) is 0 Å².